The number of anilines is 1. The van der Waals surface area contributed by atoms with Gasteiger partial charge >= 0.3 is 0 Å². The Morgan fingerprint density at radius 2 is 1.83 bits per heavy atom. The minimum atomic E-state index is -0.386. The number of nitrogens with one attached hydrogen (secondary N) is 1. The minimum Gasteiger partial charge on any atom is -0.390 e. The molecular weight excluding hydrogens is 475 g/mol. The molecule has 4 aromatic rings. The van der Waals surface area contributed by atoms with Crippen molar-refractivity contribution < 1.29 is 9.50 Å². The van der Waals surface area contributed by atoms with Crippen LogP contribution in [0.4, 0.5) is 10.2 Å². The van der Waals surface area contributed by atoms with Gasteiger partial charge in [0, 0.05) is 42.2 Å². The van der Waals surface area contributed by atoms with Crippen LogP contribution in [0, 0.1) is 5.82 Å². The van der Waals surface area contributed by atoms with Crippen LogP contribution in [0.5, 0.6) is 0 Å². The normalized spacial score (nSPS) is 16.2. The Hall–Kier alpha value is -3.06. The summed E-state index contributed by atoms with van der Waals surface area (Å²) in [6.45, 7) is 8.59. The van der Waals surface area contributed by atoms with Crippen molar-refractivity contribution in [3.8, 4) is 22.4 Å². The largest absolute Gasteiger partial charge is 0.390 e. The van der Waals surface area contributed by atoms with Crippen molar-refractivity contribution in [3.05, 3.63) is 76.7 Å². The standard InChI is InChI=1S/C29H30ClFN4O/c1-17(2)19-8-4-5-9-20(19)26-25(16-36)33-29(35-13-12-32-15-18(35)3)22-14-23(30)27(34-28(22)26)21-10-6-7-11-24(21)31/h4-11,14,17-18,32,36H,12-13,15-16H2,1-3H3/t18-/m0/s1. The molecular formula is C29H30ClFN4O. The van der Waals surface area contributed by atoms with Gasteiger partial charge < -0.3 is 15.3 Å². The molecule has 0 spiro atoms. The van der Waals surface area contributed by atoms with Crippen LogP contribution >= 0.6 is 11.6 Å². The first-order chi connectivity index (χ1) is 17.4. The number of hydrogen-bond acceptors (Lipinski definition) is 5. The van der Waals surface area contributed by atoms with E-state index in [1.54, 1.807) is 18.2 Å². The zero-order valence-electron chi connectivity index (χ0n) is 20.7. The fourth-order valence-electron chi connectivity index (χ4n) is 5.07. The number of nitrogens with zero attached hydrogens (tertiary/aromatic N) is 3. The predicted octanol–water partition coefficient (Wildman–Crippen LogP) is 6.17. The second-order valence-corrected chi connectivity index (χ2v) is 10.0. The van der Waals surface area contributed by atoms with E-state index in [1.807, 2.05) is 24.3 Å². The fraction of sp³-hybridized carbons (Fsp3) is 0.310. The lowest BCUT2D eigenvalue weighted by Crippen LogP contribution is -2.50. The first-order valence-corrected chi connectivity index (χ1v) is 12.7. The van der Waals surface area contributed by atoms with Crippen LogP contribution in [0.3, 0.4) is 0 Å². The molecule has 36 heavy (non-hydrogen) atoms. The maximum absolute atomic E-state index is 14.8. The van der Waals surface area contributed by atoms with Gasteiger partial charge in [0.05, 0.1) is 28.5 Å². The van der Waals surface area contributed by atoms with Crippen molar-refractivity contribution >= 4 is 28.3 Å². The van der Waals surface area contributed by atoms with Crippen molar-refractivity contribution in [2.24, 2.45) is 0 Å². The second kappa shape index (κ2) is 10.1. The Labute approximate surface area is 216 Å². The monoisotopic (exact) mass is 504 g/mol. The number of hydrogen-bond donors (Lipinski definition) is 2. The molecule has 2 aromatic heterocycles. The number of pyridine rings is 2. The van der Waals surface area contributed by atoms with Crippen LogP contribution in [-0.2, 0) is 6.61 Å². The van der Waals surface area contributed by atoms with Crippen molar-refractivity contribution in [2.75, 3.05) is 24.5 Å². The summed E-state index contributed by atoms with van der Waals surface area (Å²) in [6.07, 6.45) is 0. The van der Waals surface area contributed by atoms with Gasteiger partial charge in [0.2, 0.25) is 0 Å². The number of aliphatic hydroxyl groups excluding tert-OH is 1. The summed E-state index contributed by atoms with van der Waals surface area (Å²) in [5, 5.41) is 15.1. The average molecular weight is 505 g/mol. The molecule has 2 aromatic carbocycles. The van der Waals surface area contributed by atoms with Crippen molar-refractivity contribution in [1.29, 1.82) is 0 Å². The van der Waals surface area contributed by atoms with E-state index in [4.69, 9.17) is 21.6 Å². The van der Waals surface area contributed by atoms with Crippen molar-refractivity contribution in [1.82, 2.24) is 15.3 Å². The third-order valence-corrected chi connectivity index (χ3v) is 7.18. The molecule has 0 saturated carbocycles. The molecule has 1 saturated heterocycles. The molecule has 1 aliphatic heterocycles. The van der Waals surface area contributed by atoms with Gasteiger partial charge in [0.1, 0.15) is 11.6 Å². The Bertz CT molecular complexity index is 1420. The molecule has 5 nitrogen and oxygen atoms in total. The highest BCUT2D eigenvalue weighted by molar-refractivity contribution is 6.34. The van der Waals surface area contributed by atoms with Crippen LogP contribution in [0.2, 0.25) is 5.02 Å². The zero-order valence-corrected chi connectivity index (χ0v) is 21.5. The minimum absolute atomic E-state index is 0.194. The van der Waals surface area contributed by atoms with E-state index in [-0.39, 0.29) is 24.4 Å². The molecule has 0 aliphatic carbocycles. The Kier molecular flexibility index (Phi) is 6.93. The molecule has 1 fully saturated rings. The summed E-state index contributed by atoms with van der Waals surface area (Å²) in [4.78, 5) is 12.2. The molecule has 186 valence electrons. The van der Waals surface area contributed by atoms with Gasteiger partial charge in [-0.3, -0.25) is 0 Å². The van der Waals surface area contributed by atoms with Crippen molar-refractivity contribution in [3.63, 3.8) is 0 Å². The topological polar surface area (TPSA) is 61.3 Å². The molecule has 0 radical (unpaired) electrons. The molecule has 0 amide bonds. The van der Waals surface area contributed by atoms with Crippen LogP contribution in [0.1, 0.15) is 37.9 Å². The maximum atomic E-state index is 14.8. The van der Waals surface area contributed by atoms with E-state index in [1.165, 1.54) is 6.07 Å². The highest BCUT2D eigenvalue weighted by Crippen LogP contribution is 2.42. The second-order valence-electron chi connectivity index (χ2n) is 9.60. The summed E-state index contributed by atoms with van der Waals surface area (Å²) in [5.74, 6) is 0.597. The number of aliphatic hydroxyl groups is 1. The van der Waals surface area contributed by atoms with E-state index in [2.05, 4.69) is 37.1 Å². The molecule has 3 heterocycles. The molecule has 7 heteroatoms. The van der Waals surface area contributed by atoms with Crippen molar-refractivity contribution in [2.45, 2.75) is 39.3 Å². The summed E-state index contributed by atoms with van der Waals surface area (Å²) in [7, 11) is 0. The summed E-state index contributed by atoms with van der Waals surface area (Å²) >= 11 is 6.77. The molecule has 5 rings (SSSR count). The van der Waals surface area contributed by atoms with Gasteiger partial charge in [-0.1, -0.05) is 61.8 Å². The highest BCUT2D eigenvalue weighted by Gasteiger charge is 2.27. The zero-order chi connectivity index (χ0) is 25.4. The number of fused-ring (bicyclic) bond motifs is 1. The van der Waals surface area contributed by atoms with E-state index >= 15 is 0 Å². The Morgan fingerprint density at radius 1 is 1.11 bits per heavy atom. The summed E-state index contributed by atoms with van der Waals surface area (Å²) in [5.41, 5.74) is 4.77. The molecule has 0 unspecified atom stereocenters. The molecule has 1 aliphatic rings. The lowest BCUT2D eigenvalue weighted by atomic mass is 9.90. The lowest BCUT2D eigenvalue weighted by molar-refractivity contribution is 0.277. The maximum Gasteiger partial charge on any atom is 0.138 e. The van der Waals surface area contributed by atoms with Gasteiger partial charge in [-0.15, -0.1) is 0 Å². The lowest BCUT2D eigenvalue weighted by Gasteiger charge is -2.36. The number of aromatic nitrogens is 2. The molecule has 1 atom stereocenters. The van der Waals surface area contributed by atoms with Crippen LogP contribution < -0.4 is 10.2 Å². The van der Waals surface area contributed by atoms with Crippen LogP contribution in [-0.4, -0.2) is 40.8 Å². The molecule has 2 N–H and O–H groups in total. The fourth-order valence-corrected chi connectivity index (χ4v) is 5.33. The third kappa shape index (κ3) is 4.34. The number of benzene rings is 2. The smallest absolute Gasteiger partial charge is 0.138 e. The van der Waals surface area contributed by atoms with E-state index in [0.29, 0.717) is 27.5 Å². The molecule has 0 bridgehead atoms. The summed E-state index contributed by atoms with van der Waals surface area (Å²) < 4.78 is 14.8. The Balaban J connectivity index is 1.89. The predicted molar refractivity (Wildman–Crippen MR) is 145 cm³/mol. The van der Waals surface area contributed by atoms with E-state index < -0.39 is 0 Å². The highest BCUT2D eigenvalue weighted by atomic mass is 35.5. The SMILES string of the molecule is CC(C)c1ccccc1-c1c(CO)nc(N2CCNC[C@@H]2C)c2cc(Cl)c(-c3ccccc3F)nc12. The van der Waals surface area contributed by atoms with Gasteiger partial charge in [0.15, 0.2) is 0 Å². The number of piperazine rings is 1. The van der Waals surface area contributed by atoms with Gasteiger partial charge in [-0.05, 0) is 42.2 Å². The first kappa shape index (κ1) is 24.6. The first-order valence-electron chi connectivity index (χ1n) is 12.4. The van der Waals surface area contributed by atoms with E-state index in [9.17, 15) is 9.50 Å². The van der Waals surface area contributed by atoms with E-state index in [0.717, 1.165) is 47.5 Å². The van der Waals surface area contributed by atoms with Crippen LogP contribution in [0.15, 0.2) is 54.6 Å². The number of halogens is 2. The van der Waals surface area contributed by atoms with Crippen LogP contribution in [0.25, 0.3) is 33.3 Å². The summed E-state index contributed by atoms with van der Waals surface area (Å²) in [6, 6.07) is 16.7. The van der Waals surface area contributed by atoms with Gasteiger partial charge in [-0.25, -0.2) is 14.4 Å². The van der Waals surface area contributed by atoms with Gasteiger partial charge in [-0.2, -0.15) is 0 Å². The third-order valence-electron chi connectivity index (χ3n) is 6.89. The van der Waals surface area contributed by atoms with Gasteiger partial charge in [0.25, 0.3) is 0 Å². The Morgan fingerprint density at radius 3 is 2.53 bits per heavy atom. The number of rotatable bonds is 5. The average Bonchev–Trinajstić information content (AvgIpc) is 2.88. The quantitative estimate of drug-likeness (QED) is 0.340.